The van der Waals surface area contributed by atoms with E-state index in [2.05, 4.69) is 591 Å². The van der Waals surface area contributed by atoms with Gasteiger partial charge >= 0.3 is 0 Å². The molecule has 0 aromatic carbocycles. The summed E-state index contributed by atoms with van der Waals surface area (Å²) >= 11 is 0. The van der Waals surface area contributed by atoms with E-state index in [0.717, 1.165) is 133 Å². The summed E-state index contributed by atoms with van der Waals surface area (Å²) in [5, 5.41) is 11.1. The van der Waals surface area contributed by atoms with E-state index in [9.17, 15) is 19.2 Å². The van der Waals surface area contributed by atoms with Gasteiger partial charge in [0.25, 0.3) is 23.6 Å². The van der Waals surface area contributed by atoms with Crippen molar-refractivity contribution in [3.63, 3.8) is 0 Å². The molecule has 0 aliphatic carbocycles. The molecule has 0 radical (unpaired) electrons. The largest absolute Gasteiger partial charge is 1.00 e. The molecule has 4 unspecified atom stereocenters. The number of amidine groups is 4. The lowest BCUT2D eigenvalue weighted by Gasteiger charge is -2.33. The lowest BCUT2D eigenvalue weighted by Crippen LogP contribution is -3.00. The van der Waals surface area contributed by atoms with Crippen LogP contribution in [0.1, 0.15) is 172 Å². The predicted molar refractivity (Wildman–Crippen MR) is 740 cm³/mol. The molecule has 4 aliphatic heterocycles. The molecule has 0 aromatic rings. The van der Waals surface area contributed by atoms with E-state index < -0.39 is 0 Å². The van der Waals surface area contributed by atoms with E-state index in [1.54, 1.807) is 6.92 Å². The van der Waals surface area contributed by atoms with E-state index in [1.165, 1.54) is 0 Å². The van der Waals surface area contributed by atoms with Crippen LogP contribution in [0.25, 0.3) is 0 Å². The van der Waals surface area contributed by atoms with Gasteiger partial charge in [-0.05, 0) is 392 Å². The molecule has 0 saturated heterocycles. The Kier molecular flexibility index (Phi) is 70.9. The van der Waals surface area contributed by atoms with Gasteiger partial charge in [-0.25, -0.2) is 20.0 Å². The first kappa shape index (κ1) is 119. The summed E-state index contributed by atoms with van der Waals surface area (Å²) in [7, 11) is 6.30. The highest BCUT2D eigenvalue weighted by molar-refractivity contribution is 5.95. The number of nitrogens with one attached hydrogen (secondary N) is 4. The van der Waals surface area contributed by atoms with Gasteiger partial charge in [0.15, 0.2) is 23.3 Å². The van der Waals surface area contributed by atoms with Crippen LogP contribution in [0.15, 0.2) is 20.0 Å². The number of carbonyl (C=O) groups excluding carboxylic acids is 4. The SMILES string of the molecule is C#CC#CC#CC#CC#CC#CC#CC#CC#CC#CC#CC#CC(=O)NCC[N+]1(C)CCN=C1C.C#CC#CC#CC#CC#CC#CC#CC#CC#CC#CC#CC(=O)NCC[N+]1(C)CCN=C1C.C#CC#CC#CC#CC#CC#CC#CC#CC#CC#CC(=O)NCC[N+]1(CCC)CCN=C1C.CC#CC#CC#CC#CC#CC#CC#CC#CC#CC#CC#CC#CC(=O)NCC[N+]1(C)CCN=C1C.[Cl-].[HH].[HH].[HH].[HH].[HH].[HH].[HH].[HH].[HH].[HH].[HH].[HH].[HH].[HH].[HH].[HH].[HH].[HH].[HH].[HH].[HH].[HH].[HH].[HH].[HH].[HH].[HH].[HH].[HH].[HH].[HH].[HH].[HH].[HH].[HH].[HH].[HH].[HH].[HH].[HH].[HH].[HH].[HH].[HH].[HH].[HH].[HH].[HH].[HH].[HH].[HH].[HH].[HH].[HH].[HH].[HH].[HH].[HH].[HH].[HH].[HH].[HH].[HH].[HH].[HH].[HH].[HH].[HH].[HH].[HH].[HH].[HH].[HH].[HH].[HH].[HH].[HH].[HH].[HH].[HH].[HH].[HH].[HH].[HH].[HH].[HH].[HH]. The predicted octanol–water partition coefficient (Wildman–Crippen LogP) is 18.2. The maximum absolute atomic E-state index is 11.8. The van der Waals surface area contributed by atoms with Crippen LogP contribution in [0.5, 0.6) is 0 Å². The van der Waals surface area contributed by atoms with Crippen molar-refractivity contribution in [3.8, 4) is 534 Å². The monoisotopic (exact) mass is 2010 g/mol. The number of halogens is 1. The average Bonchev–Trinajstić information content (AvgIpc) is 1.68. The van der Waals surface area contributed by atoms with Crippen molar-refractivity contribution in [2.45, 2.75) is 48.0 Å². The number of hydrogen-bond acceptors (Lipinski definition) is 8. The molecule has 16 nitrogen and oxygen atoms in total. The van der Waals surface area contributed by atoms with Crippen molar-refractivity contribution >= 4 is 47.0 Å². The van der Waals surface area contributed by atoms with E-state index in [-0.39, 0.29) is 160 Å². The van der Waals surface area contributed by atoms with Gasteiger partial charge < -0.3 is 33.7 Å². The average molecular weight is 2010 g/mol. The van der Waals surface area contributed by atoms with Crippen LogP contribution in [0, 0.1) is 534 Å². The molecule has 17 heteroatoms. The molecular weight excluding hydrogens is 1770 g/mol. The quantitative estimate of drug-likeness (QED) is 0.100. The molecule has 832 valence electrons. The molecule has 4 amide bonds. The Morgan fingerprint density at radius 3 is 0.542 bits per heavy atom. The first-order chi connectivity index (χ1) is 68.9. The van der Waals surface area contributed by atoms with Crippen LogP contribution >= 0.6 is 0 Å². The van der Waals surface area contributed by atoms with E-state index in [0.29, 0.717) is 26.2 Å². The number of rotatable bonds is 14. The van der Waals surface area contributed by atoms with Crippen LogP contribution in [0.3, 0.4) is 0 Å². The van der Waals surface area contributed by atoms with Crippen LogP contribution in [-0.4, -0.2) is 197 Å². The molecule has 0 spiro atoms. The normalized spacial score (nSPS) is 12.5. The van der Waals surface area contributed by atoms with Crippen molar-refractivity contribution in [3.05, 3.63) is 0 Å². The number of nitrogens with zero attached hydrogens (tertiary/aromatic N) is 8. The Bertz CT molecular complexity index is 8570. The van der Waals surface area contributed by atoms with Crippen molar-refractivity contribution in [2.75, 3.05) is 132 Å². The van der Waals surface area contributed by atoms with Crippen LogP contribution < -0.4 is 33.7 Å². The molecule has 4 aliphatic rings. The summed E-state index contributed by atoms with van der Waals surface area (Å²) < 4.78 is 3.06. The fraction of sp³-hybridized carbons (Fsp3) is 0.216. The number of quaternary nitrogens is 4. The van der Waals surface area contributed by atoms with E-state index in [4.69, 9.17) is 19.3 Å². The van der Waals surface area contributed by atoms with Gasteiger partial charge in [0.05, 0.1) is 80.0 Å². The van der Waals surface area contributed by atoms with Gasteiger partial charge in [0, 0.05) is 282 Å². The number of carbonyl (C=O) groups is 4. The number of likely N-dealkylation sites (N-methyl/N-ethyl adjacent to an activating group) is 3. The number of aliphatic imine (C=N–C) groups is 4. The molecule has 0 saturated carbocycles. The molecule has 4 N–H and O–H groups in total. The summed E-state index contributed by atoms with van der Waals surface area (Å²) in [6.45, 7) is 25.3. The standard InChI is InChI=1S/C33H17N3O.C32H15N3O.C30H15N3O.C30H19N3O.ClH.87H2/c1-4-5-6-7-8-9-10-11-12-13-14-15-16-17-18-19-20-21-22-23-24-25-26-27-33(37)35-29-31-36(3)30-28-34-32(36)2;1-4-5-6-7-8-9-10-11-12-13-14-15-16-17-18-19-20-21-22-23-24-25-26-32(36)34-28-30-35(3)29-27-33-31(35)2;1-4-5-6-7-8-9-10-11-12-13-14-15-16-17-18-19-20-21-22-23-24-30(34)32-26-28-33(3)27-25-31-29(33)2;1-4-6-7-8-9-10-11-12-13-14-15-16-17-18-19-20-21-22-23-30(34)32-25-28-33(26-5-2)27-24-31-29(33)3;;;;;;;;;;;;;;;;;;;;;;;;;;;;;;;;;;;;;;;;;;;;;;;;;;;;;;;;;;;;;;;;;;;;;;;;;;;;;;;;;;;;;;;;/h28-31H2,1-3H3;1H,27-30H2,2-3H3;1H,25-28H2,2-3H3;1H,5,24-28H2,2-3H3;88*1H/p+3. The summed E-state index contributed by atoms with van der Waals surface area (Å²) in [6, 6.07) is 0. The topological polar surface area (TPSA) is 166 Å². The highest BCUT2D eigenvalue weighted by atomic mass is 35.5. The summed E-state index contributed by atoms with van der Waals surface area (Å²) in [5.41, 5.74) is 0. The summed E-state index contributed by atoms with van der Waals surface area (Å²) in [6.07, 6.45) is 15.9. The zero-order chi connectivity index (χ0) is 103. The number of hydrogen-bond donors (Lipinski definition) is 4. The minimum absolute atomic E-state index is 0. The number of amides is 4. The Labute approximate surface area is 976 Å². The molecule has 0 bridgehead atoms. The second-order valence-corrected chi connectivity index (χ2v) is 25.6. The van der Waals surface area contributed by atoms with Gasteiger partial charge in [-0.1, -0.05) is 12.8 Å². The Balaban J connectivity index is -0.0000000119. The van der Waals surface area contributed by atoms with Crippen molar-refractivity contribution in [2.24, 2.45) is 20.0 Å². The lowest BCUT2D eigenvalue weighted by atomic mass is 10.3. The molecule has 142 heavy (non-hydrogen) atoms. The lowest BCUT2D eigenvalue weighted by molar-refractivity contribution is -0.834. The molecule has 4 atom stereocenters. The first-order valence-corrected chi connectivity index (χ1v) is 40.8. The van der Waals surface area contributed by atoms with Crippen molar-refractivity contribution in [1.82, 2.24) is 21.3 Å². The smallest absolute Gasteiger partial charge is 0.297 e. The molecule has 0 fully saturated rings. The van der Waals surface area contributed by atoms with Crippen molar-refractivity contribution in [1.29, 1.82) is 0 Å². The van der Waals surface area contributed by atoms with Gasteiger partial charge in [0.2, 0.25) is 0 Å². The fourth-order valence-corrected chi connectivity index (χ4v) is 9.47. The second kappa shape index (κ2) is 84.7. The second-order valence-electron chi connectivity index (χ2n) is 25.6. The van der Waals surface area contributed by atoms with Crippen LogP contribution in [0.4, 0.5) is 0 Å². The first-order valence-electron chi connectivity index (χ1n) is 40.8. The zero-order valence-corrected chi connectivity index (χ0v) is 79.3. The highest BCUT2D eigenvalue weighted by Gasteiger charge is 2.35. The van der Waals surface area contributed by atoms with Gasteiger partial charge in [-0.15, -0.1) is 19.3 Å². The Hall–Kier alpha value is -23.1. The maximum atomic E-state index is 11.8. The van der Waals surface area contributed by atoms with Gasteiger partial charge in [0.1, 0.15) is 52.4 Å². The summed E-state index contributed by atoms with van der Waals surface area (Å²) in [5.74, 6) is 218. The molecular formula is C125H244ClN12O4+3. The Morgan fingerprint density at radius 2 is 0.394 bits per heavy atom. The maximum Gasteiger partial charge on any atom is 0.297 e. The van der Waals surface area contributed by atoms with E-state index in [1.807, 2.05) is 20.8 Å². The third kappa shape index (κ3) is 68.0. The highest BCUT2D eigenvalue weighted by Crippen LogP contribution is 2.16. The molecule has 4 heterocycles. The van der Waals surface area contributed by atoms with Crippen LogP contribution in [0.2, 0.25) is 0 Å². The van der Waals surface area contributed by atoms with Crippen LogP contribution in [-0.2, 0) is 19.2 Å². The minimum Gasteiger partial charge on any atom is -1.00 e. The third-order valence-electron chi connectivity index (χ3n) is 16.6. The third-order valence-corrected chi connectivity index (χ3v) is 16.6. The van der Waals surface area contributed by atoms with E-state index >= 15 is 0 Å². The summed E-state index contributed by atoms with van der Waals surface area (Å²) in [4.78, 5) is 64.6. The van der Waals surface area contributed by atoms with Gasteiger partial charge in [-0.3, -0.25) is 37.1 Å². The molecule has 4 rings (SSSR count). The zero-order valence-electron chi connectivity index (χ0n) is 78.5. The Morgan fingerprint density at radius 1 is 0.239 bits per heavy atom. The molecule has 0 aromatic heterocycles. The minimum atomic E-state index is -0.382. The number of terminal acetylenes is 3. The van der Waals surface area contributed by atoms with Gasteiger partial charge in [-0.2, -0.15) is 0 Å². The van der Waals surface area contributed by atoms with Crippen molar-refractivity contribution < 1.29 is 174 Å². The fourth-order valence-electron chi connectivity index (χ4n) is 9.47.